The van der Waals surface area contributed by atoms with Gasteiger partial charge < -0.3 is 0 Å². The summed E-state index contributed by atoms with van der Waals surface area (Å²) in [5.74, 6) is 0.474. The Morgan fingerprint density at radius 3 is 2.39 bits per heavy atom. The summed E-state index contributed by atoms with van der Waals surface area (Å²) in [6.45, 7) is 7.19. The zero-order chi connectivity index (χ0) is 22.6. The van der Waals surface area contributed by atoms with Gasteiger partial charge in [0.05, 0.1) is 0 Å². The second kappa shape index (κ2) is 7.73. The fourth-order valence-electron chi connectivity index (χ4n) is 6.85. The van der Waals surface area contributed by atoms with Gasteiger partial charge in [-0.2, -0.15) is 0 Å². The van der Waals surface area contributed by atoms with E-state index in [0.29, 0.717) is 5.92 Å². The molecule has 0 fully saturated rings. The van der Waals surface area contributed by atoms with Crippen molar-refractivity contribution in [1.29, 1.82) is 0 Å². The number of unbranched alkanes of at least 4 members (excludes halogenated alkanes) is 2. The van der Waals surface area contributed by atoms with E-state index in [2.05, 4.69) is 106 Å². The lowest BCUT2D eigenvalue weighted by atomic mass is 9.60. The summed E-state index contributed by atoms with van der Waals surface area (Å²) in [6, 6.07) is 29.5. The molecule has 4 aromatic carbocycles. The van der Waals surface area contributed by atoms with Gasteiger partial charge in [0.15, 0.2) is 0 Å². The Kier molecular flexibility index (Phi) is 4.80. The van der Waals surface area contributed by atoms with Gasteiger partial charge in [0.1, 0.15) is 0 Å². The van der Waals surface area contributed by atoms with Crippen LogP contribution in [0.15, 0.2) is 90.5 Å². The number of benzene rings is 4. The first-order valence-corrected chi connectivity index (χ1v) is 12.6. The van der Waals surface area contributed by atoms with Crippen molar-refractivity contribution >= 4 is 32.7 Å². The first-order chi connectivity index (χ1) is 16.1. The van der Waals surface area contributed by atoms with Crippen LogP contribution in [0.2, 0.25) is 0 Å². The third-order valence-electron chi connectivity index (χ3n) is 8.27. The zero-order valence-corrected chi connectivity index (χ0v) is 20.0. The van der Waals surface area contributed by atoms with Crippen LogP contribution in [0, 0.1) is 5.92 Å². The highest BCUT2D eigenvalue weighted by molar-refractivity contribution is 6.17. The van der Waals surface area contributed by atoms with E-state index in [4.69, 9.17) is 0 Å². The molecule has 4 aromatic rings. The van der Waals surface area contributed by atoms with Gasteiger partial charge in [-0.05, 0) is 80.3 Å². The third kappa shape index (κ3) is 2.90. The lowest BCUT2D eigenvalue weighted by Crippen LogP contribution is -2.34. The van der Waals surface area contributed by atoms with Crippen molar-refractivity contribution in [3.63, 3.8) is 0 Å². The molecule has 6 rings (SSSR count). The summed E-state index contributed by atoms with van der Waals surface area (Å²) in [7, 11) is 0. The summed E-state index contributed by atoms with van der Waals surface area (Å²) in [4.78, 5) is 0. The minimum atomic E-state index is -0.0102. The summed E-state index contributed by atoms with van der Waals surface area (Å²) >= 11 is 0. The summed E-state index contributed by atoms with van der Waals surface area (Å²) < 4.78 is 0. The Bertz CT molecular complexity index is 1430. The monoisotopic (exact) mass is 428 g/mol. The van der Waals surface area contributed by atoms with Gasteiger partial charge in [-0.3, -0.25) is 0 Å². The smallest absolute Gasteiger partial charge is 0.0258 e. The van der Waals surface area contributed by atoms with Crippen LogP contribution in [0.4, 0.5) is 0 Å². The Morgan fingerprint density at radius 2 is 1.58 bits per heavy atom. The maximum Gasteiger partial charge on any atom is 0.0258 e. The standard InChI is InChI=1S/C33H32/c1-4-5-7-19-29-28(23-13-8-6-9-14-23)20-22(2)32-27-18-12-17-26-25-16-11-10-15-24(25)21-30(31(26)27)33(29,32)3/h6,8-18,20-21,29H,4-5,7,19H2,1-3H3. The first kappa shape index (κ1) is 20.5. The molecule has 2 unspecified atom stereocenters. The molecule has 0 saturated heterocycles. The average Bonchev–Trinajstić information content (AvgIpc) is 3.11. The van der Waals surface area contributed by atoms with Gasteiger partial charge in [-0.15, -0.1) is 0 Å². The molecule has 0 aliphatic heterocycles. The van der Waals surface area contributed by atoms with Gasteiger partial charge in [0, 0.05) is 5.41 Å². The molecule has 0 radical (unpaired) electrons. The molecule has 0 bridgehead atoms. The van der Waals surface area contributed by atoms with Gasteiger partial charge >= 0.3 is 0 Å². The molecule has 0 saturated carbocycles. The predicted octanol–water partition coefficient (Wildman–Crippen LogP) is 9.33. The van der Waals surface area contributed by atoms with Crippen molar-refractivity contribution in [3.05, 3.63) is 107 Å². The van der Waals surface area contributed by atoms with E-state index in [9.17, 15) is 0 Å². The first-order valence-electron chi connectivity index (χ1n) is 12.6. The molecule has 2 aliphatic rings. The Labute approximate surface area is 197 Å². The summed E-state index contributed by atoms with van der Waals surface area (Å²) in [5, 5.41) is 5.62. The van der Waals surface area contributed by atoms with E-state index >= 15 is 0 Å². The fraction of sp³-hybridized carbons (Fsp3) is 0.273. The largest absolute Gasteiger partial charge is 0.0654 e. The van der Waals surface area contributed by atoms with Crippen LogP contribution in [-0.2, 0) is 5.41 Å². The van der Waals surface area contributed by atoms with Crippen LogP contribution in [0.5, 0.6) is 0 Å². The van der Waals surface area contributed by atoms with E-state index in [1.807, 2.05) is 0 Å². The fourth-order valence-corrected chi connectivity index (χ4v) is 6.85. The SMILES string of the molecule is CCCCCC1C(c2ccccc2)=CC(C)=C2c3cccc4c3c(cc3ccccc34)C21C. The maximum absolute atomic E-state index is 2.54. The summed E-state index contributed by atoms with van der Waals surface area (Å²) in [6.07, 6.45) is 7.57. The van der Waals surface area contributed by atoms with E-state index in [1.54, 1.807) is 5.57 Å². The lowest BCUT2D eigenvalue weighted by Gasteiger charge is -2.43. The number of rotatable bonds is 5. The van der Waals surface area contributed by atoms with Gasteiger partial charge in [0.2, 0.25) is 0 Å². The average molecular weight is 429 g/mol. The quantitative estimate of drug-likeness (QED) is 0.219. The molecule has 164 valence electrons. The number of hydrogen-bond donors (Lipinski definition) is 0. The maximum atomic E-state index is 2.54. The molecule has 2 atom stereocenters. The van der Waals surface area contributed by atoms with Crippen LogP contribution >= 0.6 is 0 Å². The molecule has 0 heterocycles. The minimum absolute atomic E-state index is 0.0102. The molecular formula is C33H32. The zero-order valence-electron chi connectivity index (χ0n) is 20.0. The van der Waals surface area contributed by atoms with E-state index in [1.165, 1.54) is 75.1 Å². The van der Waals surface area contributed by atoms with Crippen molar-refractivity contribution in [2.24, 2.45) is 5.92 Å². The van der Waals surface area contributed by atoms with Gasteiger partial charge in [-0.1, -0.05) is 112 Å². The number of hydrogen-bond acceptors (Lipinski definition) is 0. The Balaban J connectivity index is 1.66. The third-order valence-corrected chi connectivity index (χ3v) is 8.27. The molecule has 0 aromatic heterocycles. The molecule has 0 N–H and O–H groups in total. The van der Waals surface area contributed by atoms with Crippen LogP contribution in [0.3, 0.4) is 0 Å². The molecule has 0 spiro atoms. The van der Waals surface area contributed by atoms with Crippen LogP contribution in [0.1, 0.15) is 63.1 Å². The van der Waals surface area contributed by atoms with Crippen molar-refractivity contribution < 1.29 is 0 Å². The Morgan fingerprint density at radius 1 is 0.818 bits per heavy atom. The van der Waals surface area contributed by atoms with Crippen LogP contribution < -0.4 is 0 Å². The van der Waals surface area contributed by atoms with Gasteiger partial charge in [0.25, 0.3) is 0 Å². The van der Waals surface area contributed by atoms with Crippen LogP contribution in [-0.4, -0.2) is 0 Å². The number of allylic oxidation sites excluding steroid dienone is 4. The molecule has 0 heteroatoms. The molecule has 33 heavy (non-hydrogen) atoms. The summed E-state index contributed by atoms with van der Waals surface area (Å²) in [5.41, 5.74) is 8.86. The van der Waals surface area contributed by atoms with Crippen molar-refractivity contribution in [3.8, 4) is 0 Å². The topological polar surface area (TPSA) is 0 Å². The Hall–Kier alpha value is -3.12. The number of fused-ring (bicyclic) bond motifs is 5. The minimum Gasteiger partial charge on any atom is -0.0654 e. The lowest BCUT2D eigenvalue weighted by molar-refractivity contribution is 0.415. The van der Waals surface area contributed by atoms with Crippen molar-refractivity contribution in [2.75, 3.05) is 0 Å². The van der Waals surface area contributed by atoms with E-state index in [-0.39, 0.29) is 5.41 Å². The van der Waals surface area contributed by atoms with E-state index < -0.39 is 0 Å². The normalized spacial score (nSPS) is 21.5. The molecule has 2 aliphatic carbocycles. The second-order valence-corrected chi connectivity index (χ2v) is 10.1. The highest BCUT2D eigenvalue weighted by Gasteiger charge is 2.49. The van der Waals surface area contributed by atoms with E-state index in [0.717, 1.165) is 0 Å². The highest BCUT2D eigenvalue weighted by atomic mass is 14.5. The van der Waals surface area contributed by atoms with Crippen molar-refractivity contribution in [1.82, 2.24) is 0 Å². The molecular weight excluding hydrogens is 396 g/mol. The van der Waals surface area contributed by atoms with Gasteiger partial charge in [-0.25, -0.2) is 0 Å². The molecule has 0 amide bonds. The molecule has 0 nitrogen and oxygen atoms in total. The second-order valence-electron chi connectivity index (χ2n) is 10.1. The van der Waals surface area contributed by atoms with Crippen molar-refractivity contribution in [2.45, 2.75) is 51.9 Å². The van der Waals surface area contributed by atoms with Crippen LogP contribution in [0.25, 0.3) is 32.7 Å². The highest BCUT2D eigenvalue weighted by Crippen LogP contribution is 2.61. The predicted molar refractivity (Wildman–Crippen MR) is 143 cm³/mol.